The minimum absolute atomic E-state index is 0.0502. The van der Waals surface area contributed by atoms with Gasteiger partial charge in [0.1, 0.15) is 46.9 Å². The molecule has 0 unspecified atom stereocenters. The second-order valence-electron chi connectivity index (χ2n) is 12.0. The van der Waals surface area contributed by atoms with Crippen molar-refractivity contribution in [3.8, 4) is 11.1 Å². The highest BCUT2D eigenvalue weighted by Crippen LogP contribution is 2.40. The standard InChI is InChI=1S/C17H15ClF3N5.C13H13BrFN5O4S2/c1-9-2-4-25(5-3-9)16-14(13-11(20)6-10(19)7-12(13)21)15(18)24-17-22-8-23-26(16)17;1-8-12(14)10-5-4-9(15)6-11(10)20(8)25(21,22)13-16-7-19(17-13)26(23,24)18(2)3/h6-9H,2-5H2,1H3;4-7H,1-3H3. The van der Waals surface area contributed by atoms with E-state index in [2.05, 4.69) is 48.0 Å². The fraction of sp³-hybridized carbons (Fsp3) is 0.300. The fourth-order valence-electron chi connectivity index (χ4n) is 5.66. The molecular weight excluding hydrogens is 820 g/mol. The molecule has 2 aromatic carbocycles. The van der Waals surface area contributed by atoms with Gasteiger partial charge in [-0.25, -0.2) is 26.5 Å². The summed E-state index contributed by atoms with van der Waals surface area (Å²) in [6.07, 6.45) is 3.93. The van der Waals surface area contributed by atoms with Gasteiger partial charge in [-0.1, -0.05) is 18.5 Å². The molecule has 0 atom stereocenters. The van der Waals surface area contributed by atoms with Gasteiger partial charge in [-0.05, 0) is 59.8 Å². The highest BCUT2D eigenvalue weighted by atomic mass is 79.9. The van der Waals surface area contributed by atoms with Gasteiger partial charge in [0.2, 0.25) is 0 Å². The van der Waals surface area contributed by atoms with Crippen LogP contribution in [0.1, 0.15) is 25.5 Å². The summed E-state index contributed by atoms with van der Waals surface area (Å²) < 4.78 is 110. The summed E-state index contributed by atoms with van der Waals surface area (Å²) in [5, 5.41) is 7.38. The van der Waals surface area contributed by atoms with Crippen molar-refractivity contribution in [2.24, 2.45) is 5.92 Å². The smallest absolute Gasteiger partial charge is 0.323 e. The van der Waals surface area contributed by atoms with Crippen molar-refractivity contribution in [2.75, 3.05) is 32.1 Å². The molecule has 4 aromatic heterocycles. The number of halogens is 6. The maximum atomic E-state index is 14.5. The summed E-state index contributed by atoms with van der Waals surface area (Å²) in [5.74, 6) is -2.51. The zero-order valence-electron chi connectivity index (χ0n) is 27.6. The molecule has 0 radical (unpaired) electrons. The fourth-order valence-corrected chi connectivity index (χ4v) is 8.67. The molecule has 0 aliphatic carbocycles. The number of benzene rings is 2. The zero-order chi connectivity index (χ0) is 37.9. The van der Waals surface area contributed by atoms with Gasteiger partial charge in [0.25, 0.3) is 10.9 Å². The van der Waals surface area contributed by atoms with Crippen molar-refractivity contribution in [3.63, 3.8) is 0 Å². The van der Waals surface area contributed by atoms with E-state index in [9.17, 15) is 34.4 Å². The van der Waals surface area contributed by atoms with Gasteiger partial charge >= 0.3 is 20.2 Å². The maximum absolute atomic E-state index is 14.5. The third-order valence-corrected chi connectivity index (χ3v) is 12.8. The summed E-state index contributed by atoms with van der Waals surface area (Å²) in [4.78, 5) is 13.7. The predicted octanol–water partition coefficient (Wildman–Crippen LogP) is 5.43. The predicted molar refractivity (Wildman–Crippen MR) is 187 cm³/mol. The van der Waals surface area contributed by atoms with E-state index in [0.717, 1.165) is 33.5 Å². The van der Waals surface area contributed by atoms with Gasteiger partial charge in [-0.3, -0.25) is 0 Å². The topological polar surface area (TPSA) is 153 Å². The van der Waals surface area contributed by atoms with E-state index in [0.29, 0.717) is 50.9 Å². The summed E-state index contributed by atoms with van der Waals surface area (Å²) >= 11 is 9.58. The Kier molecular flexibility index (Phi) is 10.1. The summed E-state index contributed by atoms with van der Waals surface area (Å²) in [6, 6.07) is 4.97. The molecule has 1 fully saturated rings. The van der Waals surface area contributed by atoms with Gasteiger partial charge in [0.05, 0.1) is 16.6 Å². The molecule has 1 aliphatic rings. The quantitative estimate of drug-likeness (QED) is 0.157. The molecule has 0 bridgehead atoms. The molecule has 7 rings (SSSR count). The summed E-state index contributed by atoms with van der Waals surface area (Å²) in [7, 11) is -5.84. The Bertz CT molecular complexity index is 2550. The Labute approximate surface area is 308 Å². The van der Waals surface area contributed by atoms with Crippen LogP contribution in [0, 0.1) is 36.1 Å². The van der Waals surface area contributed by atoms with Crippen LogP contribution in [0.4, 0.5) is 23.4 Å². The number of aromatic nitrogens is 8. The molecule has 0 saturated carbocycles. The van der Waals surface area contributed by atoms with Gasteiger partial charge in [-0.15, -0.1) is 9.19 Å². The molecule has 0 N–H and O–H groups in total. The maximum Gasteiger partial charge on any atom is 0.323 e. The van der Waals surface area contributed by atoms with Crippen LogP contribution in [-0.2, 0) is 20.2 Å². The largest absolute Gasteiger partial charge is 0.356 e. The molecule has 5 heterocycles. The SMILES string of the molecule is CC1CCN(c2c(-c3c(F)cc(F)cc3F)c(Cl)nc3ncnn23)CC1.Cc1c(Br)c2ccc(F)cc2n1S(=O)(=O)c1ncn(S(=O)(=O)N(C)C)n1. The van der Waals surface area contributed by atoms with Crippen molar-refractivity contribution in [3.05, 3.63) is 81.6 Å². The normalized spacial score (nSPS) is 14.4. The van der Waals surface area contributed by atoms with Crippen LogP contribution in [0.3, 0.4) is 0 Å². The van der Waals surface area contributed by atoms with E-state index in [1.54, 1.807) is 0 Å². The van der Waals surface area contributed by atoms with Gasteiger partial charge in [0, 0.05) is 54.9 Å². The molecule has 22 heteroatoms. The lowest BCUT2D eigenvalue weighted by molar-refractivity contribution is 0.435. The van der Waals surface area contributed by atoms with Crippen LogP contribution in [0.15, 0.2) is 52.6 Å². The number of fused-ring (bicyclic) bond motifs is 2. The minimum Gasteiger partial charge on any atom is -0.356 e. The Hall–Kier alpha value is -4.18. The third kappa shape index (κ3) is 6.63. The Morgan fingerprint density at radius 3 is 2.23 bits per heavy atom. The average molecular weight is 848 g/mol. The van der Waals surface area contributed by atoms with Gasteiger partial charge in [0.15, 0.2) is 0 Å². The number of hydrogen-bond acceptors (Lipinski definition) is 10. The van der Waals surface area contributed by atoms with E-state index < -0.39 is 54.2 Å². The van der Waals surface area contributed by atoms with Crippen molar-refractivity contribution >= 4 is 70.3 Å². The zero-order valence-corrected chi connectivity index (χ0v) is 31.6. The lowest BCUT2D eigenvalue weighted by Gasteiger charge is -2.33. The van der Waals surface area contributed by atoms with E-state index >= 15 is 0 Å². The molecular formula is C30H28BrClF4N10O4S2. The first-order chi connectivity index (χ1) is 24.4. The summed E-state index contributed by atoms with van der Waals surface area (Å²) in [6.45, 7) is 5.02. The van der Waals surface area contributed by atoms with Crippen molar-refractivity contribution in [1.29, 1.82) is 0 Å². The second kappa shape index (κ2) is 14.0. The number of nitrogens with zero attached hydrogens (tertiary/aromatic N) is 10. The Morgan fingerprint density at radius 1 is 0.942 bits per heavy atom. The highest BCUT2D eigenvalue weighted by Gasteiger charge is 2.31. The van der Waals surface area contributed by atoms with Crippen molar-refractivity contribution in [2.45, 2.75) is 31.8 Å². The van der Waals surface area contributed by atoms with Crippen LogP contribution in [0.2, 0.25) is 5.15 Å². The van der Waals surface area contributed by atoms with Crippen LogP contribution in [-0.4, -0.2) is 86.0 Å². The van der Waals surface area contributed by atoms with Crippen LogP contribution in [0.25, 0.3) is 27.8 Å². The first-order valence-electron chi connectivity index (χ1n) is 15.3. The highest BCUT2D eigenvalue weighted by molar-refractivity contribution is 9.10. The molecule has 52 heavy (non-hydrogen) atoms. The lowest BCUT2D eigenvalue weighted by atomic mass is 9.98. The molecule has 14 nitrogen and oxygen atoms in total. The monoisotopic (exact) mass is 846 g/mol. The van der Waals surface area contributed by atoms with E-state index in [1.165, 1.54) is 44.0 Å². The average Bonchev–Trinajstić information content (AvgIpc) is 3.81. The van der Waals surface area contributed by atoms with E-state index in [1.807, 2.05) is 4.90 Å². The molecule has 1 saturated heterocycles. The van der Waals surface area contributed by atoms with Gasteiger partial charge in [-0.2, -0.15) is 40.7 Å². The number of piperidine rings is 1. The molecule has 6 aromatic rings. The Morgan fingerprint density at radius 2 is 1.60 bits per heavy atom. The molecule has 0 spiro atoms. The van der Waals surface area contributed by atoms with Crippen LogP contribution in [0.5, 0.6) is 0 Å². The Balaban J connectivity index is 0.000000179. The molecule has 1 aliphatic heterocycles. The summed E-state index contributed by atoms with van der Waals surface area (Å²) in [5.41, 5.74) is -0.0113. The number of rotatable bonds is 6. The van der Waals surface area contributed by atoms with Crippen LogP contribution >= 0.6 is 27.5 Å². The first kappa shape index (κ1) is 37.6. The minimum atomic E-state index is -4.36. The van der Waals surface area contributed by atoms with E-state index in [-0.39, 0.29) is 27.7 Å². The first-order valence-corrected chi connectivity index (χ1v) is 19.3. The number of anilines is 1. The second-order valence-corrected chi connectivity index (χ2v) is 16.8. The van der Waals surface area contributed by atoms with Crippen molar-refractivity contribution < 1.29 is 34.4 Å². The van der Waals surface area contributed by atoms with E-state index in [4.69, 9.17) is 11.6 Å². The van der Waals surface area contributed by atoms with Crippen molar-refractivity contribution in [1.82, 2.24) is 42.0 Å². The third-order valence-electron chi connectivity index (χ3n) is 8.36. The molecule has 0 amide bonds. The van der Waals surface area contributed by atoms with Gasteiger partial charge < -0.3 is 4.90 Å². The molecule has 276 valence electrons. The lowest BCUT2D eigenvalue weighted by Crippen LogP contribution is -2.35. The number of hydrogen-bond donors (Lipinski definition) is 0. The van der Waals surface area contributed by atoms with Crippen LogP contribution < -0.4 is 4.90 Å².